The van der Waals surface area contributed by atoms with Gasteiger partial charge in [-0.15, -0.1) is 5.69 Å². The van der Waals surface area contributed by atoms with E-state index in [-0.39, 0.29) is 64.1 Å². The molecule has 2 N–H and O–H groups in total. The molecule has 1 aliphatic heterocycles. The summed E-state index contributed by atoms with van der Waals surface area (Å²) >= 11 is 0. The van der Waals surface area contributed by atoms with Crippen molar-refractivity contribution in [2.24, 2.45) is 0 Å². The van der Waals surface area contributed by atoms with Gasteiger partial charge < -0.3 is 11.1 Å². The van der Waals surface area contributed by atoms with Crippen LogP contribution in [0.15, 0.2) is 30.7 Å². The van der Waals surface area contributed by atoms with Crippen LogP contribution >= 0.6 is 0 Å². The number of nitrogens with zero attached hydrogens (tertiary/aromatic N) is 2. The van der Waals surface area contributed by atoms with Crippen LogP contribution in [0.25, 0.3) is 5.73 Å². The van der Waals surface area contributed by atoms with Crippen LogP contribution in [-0.2, 0) is 23.1 Å². The van der Waals surface area contributed by atoms with Crippen molar-refractivity contribution in [1.82, 2.24) is 9.97 Å². The van der Waals surface area contributed by atoms with Gasteiger partial charge in [-0.05, 0) is 24.0 Å². The van der Waals surface area contributed by atoms with Crippen molar-refractivity contribution in [1.29, 1.82) is 0 Å². The van der Waals surface area contributed by atoms with Gasteiger partial charge in [0.1, 0.15) is 12.1 Å². The van der Waals surface area contributed by atoms with E-state index in [1.165, 1.54) is 6.33 Å². The molecule has 1 aromatic carbocycles. The standard InChI is InChI=1S/C14H11N4O.Rb/c15-10-2-1-8-4-14(5-9(8)3-10)11-6-16-7-17-12(11)18-13(14)19;/h1-3,6-7,15H,4-5H2,(H,16,17,18,19);/q-1;+1. The van der Waals surface area contributed by atoms with Gasteiger partial charge in [-0.3, -0.25) is 4.79 Å². The van der Waals surface area contributed by atoms with Crippen molar-refractivity contribution in [2.45, 2.75) is 18.3 Å². The van der Waals surface area contributed by atoms with E-state index in [0.29, 0.717) is 24.3 Å². The molecule has 1 spiro atoms. The van der Waals surface area contributed by atoms with Gasteiger partial charge in [0.15, 0.2) is 0 Å². The van der Waals surface area contributed by atoms with Crippen molar-refractivity contribution in [2.75, 3.05) is 5.32 Å². The summed E-state index contributed by atoms with van der Waals surface area (Å²) in [6.07, 6.45) is 4.46. The first-order valence-corrected chi connectivity index (χ1v) is 6.14. The smallest absolute Gasteiger partial charge is 0.699 e. The molecule has 1 amide bonds. The summed E-state index contributed by atoms with van der Waals surface area (Å²) in [6.45, 7) is 0. The van der Waals surface area contributed by atoms with Crippen LogP contribution in [0.2, 0.25) is 0 Å². The first-order valence-electron chi connectivity index (χ1n) is 6.14. The Balaban J connectivity index is 0.00000121. The average Bonchev–Trinajstić information content (AvgIpc) is 2.90. The number of anilines is 1. The summed E-state index contributed by atoms with van der Waals surface area (Å²) in [5, 5.41) is 2.84. The van der Waals surface area contributed by atoms with Gasteiger partial charge in [-0.1, -0.05) is 18.2 Å². The summed E-state index contributed by atoms with van der Waals surface area (Å²) in [5.74, 6) is 0.615. The molecule has 0 saturated heterocycles. The number of rotatable bonds is 0. The van der Waals surface area contributed by atoms with Gasteiger partial charge in [-0.25, -0.2) is 9.97 Å². The van der Waals surface area contributed by atoms with Crippen molar-refractivity contribution in [3.05, 3.63) is 53.1 Å². The molecule has 6 heteroatoms. The predicted octanol–water partition coefficient (Wildman–Crippen LogP) is -0.847. The zero-order valence-electron chi connectivity index (χ0n) is 11.1. The first-order chi connectivity index (χ1) is 9.19. The zero-order chi connectivity index (χ0) is 13.0. The topological polar surface area (TPSA) is 78.7 Å². The fraction of sp³-hybridized carbons (Fsp3) is 0.214. The molecular weight excluding hydrogens is 326 g/mol. The molecule has 4 rings (SSSR count). The second-order valence-electron chi connectivity index (χ2n) is 5.16. The Labute approximate surface area is 165 Å². The number of hydrogen-bond acceptors (Lipinski definition) is 3. The molecule has 0 bridgehead atoms. The Hall–Kier alpha value is -0.625. The number of hydrogen-bond donors (Lipinski definition) is 1. The molecule has 0 saturated carbocycles. The summed E-state index contributed by atoms with van der Waals surface area (Å²) in [5.41, 5.74) is 10.7. The third kappa shape index (κ3) is 1.91. The molecule has 20 heavy (non-hydrogen) atoms. The van der Waals surface area contributed by atoms with Crippen molar-refractivity contribution < 1.29 is 63.0 Å². The van der Waals surface area contributed by atoms with Crippen LogP contribution in [-0.4, -0.2) is 15.9 Å². The SMILES string of the molecule is [NH-]c1ccc2c(c1)CC1(C2)C(=O)Nc2ncncc21.[Rb+]. The van der Waals surface area contributed by atoms with Crippen LogP contribution in [0.3, 0.4) is 0 Å². The fourth-order valence-corrected chi connectivity index (χ4v) is 3.16. The molecule has 0 fully saturated rings. The molecular formula is C14H11N4ORb. The maximum atomic E-state index is 12.4. The second-order valence-corrected chi connectivity index (χ2v) is 5.16. The predicted molar refractivity (Wildman–Crippen MR) is 70.2 cm³/mol. The van der Waals surface area contributed by atoms with Crippen molar-refractivity contribution >= 4 is 17.4 Å². The summed E-state index contributed by atoms with van der Waals surface area (Å²) in [7, 11) is 0. The molecule has 2 heterocycles. The van der Waals surface area contributed by atoms with Gasteiger partial charge in [0.05, 0.1) is 5.41 Å². The van der Waals surface area contributed by atoms with Crippen molar-refractivity contribution in [3.63, 3.8) is 0 Å². The van der Waals surface area contributed by atoms with E-state index in [2.05, 4.69) is 15.3 Å². The van der Waals surface area contributed by atoms with E-state index in [4.69, 9.17) is 5.73 Å². The van der Waals surface area contributed by atoms with E-state index >= 15 is 0 Å². The van der Waals surface area contributed by atoms with Crippen LogP contribution in [0.4, 0.5) is 11.5 Å². The number of benzene rings is 1. The summed E-state index contributed by atoms with van der Waals surface area (Å²) < 4.78 is 0. The molecule has 1 aliphatic carbocycles. The summed E-state index contributed by atoms with van der Waals surface area (Å²) in [4.78, 5) is 20.6. The Morgan fingerprint density at radius 2 is 2.05 bits per heavy atom. The number of carbonyl (C=O) groups is 1. The Morgan fingerprint density at radius 3 is 2.90 bits per heavy atom. The largest absolute Gasteiger partial charge is 1.00 e. The van der Waals surface area contributed by atoms with Crippen LogP contribution < -0.4 is 63.5 Å². The monoisotopic (exact) mass is 336 g/mol. The van der Waals surface area contributed by atoms with Gasteiger partial charge in [0, 0.05) is 11.8 Å². The fourth-order valence-electron chi connectivity index (χ4n) is 3.16. The zero-order valence-corrected chi connectivity index (χ0v) is 16.0. The van der Waals surface area contributed by atoms with Crippen LogP contribution in [0.1, 0.15) is 16.7 Å². The molecule has 0 radical (unpaired) electrons. The maximum absolute atomic E-state index is 12.4. The Kier molecular flexibility index (Phi) is 3.57. The maximum Gasteiger partial charge on any atom is 1.00 e. The first kappa shape index (κ1) is 14.3. The molecule has 1 unspecified atom stereocenters. The second kappa shape index (κ2) is 4.98. The quantitative estimate of drug-likeness (QED) is 0.681. The Bertz CT molecular complexity index is 718. The molecule has 5 nitrogen and oxygen atoms in total. The third-order valence-electron chi connectivity index (χ3n) is 4.09. The number of aromatic nitrogens is 2. The minimum atomic E-state index is -0.577. The summed E-state index contributed by atoms with van der Waals surface area (Å²) in [6, 6.07) is 5.56. The van der Waals surface area contributed by atoms with E-state index in [9.17, 15) is 4.79 Å². The van der Waals surface area contributed by atoms with Gasteiger partial charge in [0.25, 0.3) is 0 Å². The number of amides is 1. The molecule has 1 aromatic heterocycles. The van der Waals surface area contributed by atoms with Gasteiger partial charge in [-0.2, -0.15) is 0 Å². The number of fused-ring (bicyclic) bond motifs is 3. The molecule has 1 atom stereocenters. The van der Waals surface area contributed by atoms with E-state index in [1.807, 2.05) is 12.1 Å². The normalized spacial score (nSPS) is 22.1. The number of carbonyl (C=O) groups excluding carboxylic acids is 1. The van der Waals surface area contributed by atoms with Crippen LogP contribution in [0.5, 0.6) is 0 Å². The van der Waals surface area contributed by atoms with Crippen LogP contribution in [0, 0.1) is 0 Å². The van der Waals surface area contributed by atoms with Gasteiger partial charge in [0.2, 0.25) is 5.91 Å². The average molecular weight is 337 g/mol. The van der Waals surface area contributed by atoms with E-state index < -0.39 is 5.41 Å². The number of nitrogens with one attached hydrogen (secondary N) is 2. The molecule has 2 aromatic rings. The third-order valence-corrected chi connectivity index (χ3v) is 4.09. The van der Waals surface area contributed by atoms with E-state index in [0.717, 1.165) is 16.7 Å². The van der Waals surface area contributed by atoms with Gasteiger partial charge >= 0.3 is 58.2 Å². The van der Waals surface area contributed by atoms with Crippen molar-refractivity contribution in [3.8, 4) is 0 Å². The molecule has 2 aliphatic rings. The minimum absolute atomic E-state index is 0. The Morgan fingerprint density at radius 1 is 1.25 bits per heavy atom. The minimum Gasteiger partial charge on any atom is -0.699 e. The van der Waals surface area contributed by atoms with E-state index in [1.54, 1.807) is 12.3 Å². The molecule has 94 valence electrons.